The quantitative estimate of drug-likeness (QED) is 0.724. The second-order valence-electron chi connectivity index (χ2n) is 5.49. The van der Waals surface area contributed by atoms with Gasteiger partial charge < -0.3 is 15.6 Å². The van der Waals surface area contributed by atoms with Gasteiger partial charge >= 0.3 is 0 Å². The Labute approximate surface area is 125 Å². The summed E-state index contributed by atoms with van der Waals surface area (Å²) in [6.45, 7) is 1.80. The van der Waals surface area contributed by atoms with Crippen LogP contribution in [-0.2, 0) is 10.0 Å². The first-order valence-corrected chi connectivity index (χ1v) is 8.46. The minimum absolute atomic E-state index is 0.0548. The van der Waals surface area contributed by atoms with Crippen LogP contribution in [-0.4, -0.2) is 32.8 Å². The largest absolute Gasteiger partial charge is 0.495 e. The summed E-state index contributed by atoms with van der Waals surface area (Å²) in [5.74, 6) is 0.282. The normalized spacial score (nSPS) is 23.0. The monoisotopic (exact) mass is 314 g/mol. The van der Waals surface area contributed by atoms with Crippen molar-refractivity contribution >= 4 is 15.7 Å². The molecule has 2 rings (SSSR count). The number of aliphatic hydroxyl groups is 1. The smallest absolute Gasteiger partial charge is 0.244 e. The fourth-order valence-corrected chi connectivity index (χ4v) is 4.01. The van der Waals surface area contributed by atoms with Gasteiger partial charge in [-0.3, -0.25) is 0 Å². The molecule has 0 amide bonds. The summed E-state index contributed by atoms with van der Waals surface area (Å²) in [6, 6.07) is 2.88. The van der Waals surface area contributed by atoms with Crippen LogP contribution in [0.1, 0.15) is 31.2 Å². The maximum Gasteiger partial charge on any atom is 0.244 e. The fourth-order valence-electron chi connectivity index (χ4n) is 2.52. The second kappa shape index (κ2) is 6.21. The third kappa shape index (κ3) is 3.66. The molecule has 0 unspecified atom stereocenters. The standard InChI is InChI=1S/C14H22N2O4S/c1-9-7-13(20-2)14(8-12(9)15)21(18,19)16-10-3-5-11(17)6-4-10/h7-8,10-11,16-17H,3-6,15H2,1-2H3. The Hall–Kier alpha value is -1.31. The van der Waals surface area contributed by atoms with E-state index in [4.69, 9.17) is 10.5 Å². The molecule has 0 heterocycles. The van der Waals surface area contributed by atoms with E-state index in [1.807, 2.05) is 0 Å². The number of sulfonamides is 1. The van der Waals surface area contributed by atoms with E-state index in [9.17, 15) is 13.5 Å². The number of ether oxygens (including phenoxy) is 1. The number of anilines is 1. The van der Waals surface area contributed by atoms with E-state index in [2.05, 4.69) is 4.72 Å². The minimum Gasteiger partial charge on any atom is -0.495 e. The molecule has 1 aliphatic rings. The molecule has 4 N–H and O–H groups in total. The zero-order chi connectivity index (χ0) is 15.6. The second-order valence-corrected chi connectivity index (χ2v) is 7.17. The van der Waals surface area contributed by atoms with Gasteiger partial charge in [0.2, 0.25) is 10.0 Å². The zero-order valence-electron chi connectivity index (χ0n) is 12.3. The molecule has 1 aromatic rings. The number of rotatable bonds is 4. The molecule has 1 saturated carbocycles. The van der Waals surface area contributed by atoms with Crippen LogP contribution in [0.5, 0.6) is 5.75 Å². The fraction of sp³-hybridized carbons (Fsp3) is 0.571. The molecule has 0 saturated heterocycles. The first-order valence-electron chi connectivity index (χ1n) is 6.98. The van der Waals surface area contributed by atoms with Gasteiger partial charge in [-0.2, -0.15) is 0 Å². The third-order valence-corrected chi connectivity index (χ3v) is 5.40. The van der Waals surface area contributed by atoms with Crippen LogP contribution in [0.3, 0.4) is 0 Å². The number of nitrogens with two attached hydrogens (primary N) is 1. The summed E-state index contributed by atoms with van der Waals surface area (Å²) in [5.41, 5.74) is 6.99. The van der Waals surface area contributed by atoms with E-state index in [0.29, 0.717) is 31.4 Å². The number of aliphatic hydroxyl groups excluding tert-OH is 1. The molecule has 0 aliphatic heterocycles. The van der Waals surface area contributed by atoms with Crippen molar-refractivity contribution in [1.29, 1.82) is 0 Å². The lowest BCUT2D eigenvalue weighted by molar-refractivity contribution is 0.120. The van der Waals surface area contributed by atoms with Gasteiger partial charge in [0, 0.05) is 11.7 Å². The van der Waals surface area contributed by atoms with E-state index >= 15 is 0 Å². The molecule has 118 valence electrons. The van der Waals surface area contributed by atoms with Crippen molar-refractivity contribution in [2.24, 2.45) is 0 Å². The lowest BCUT2D eigenvalue weighted by Gasteiger charge is -2.26. The van der Waals surface area contributed by atoms with Crippen LogP contribution in [0.4, 0.5) is 5.69 Å². The summed E-state index contributed by atoms with van der Waals surface area (Å²) in [5, 5.41) is 9.48. The maximum absolute atomic E-state index is 12.5. The number of hydrogen-bond donors (Lipinski definition) is 3. The van der Waals surface area contributed by atoms with Gasteiger partial charge in [0.25, 0.3) is 0 Å². The average molecular weight is 314 g/mol. The van der Waals surface area contributed by atoms with Gasteiger partial charge in [0.05, 0.1) is 13.2 Å². The van der Waals surface area contributed by atoms with Crippen molar-refractivity contribution in [2.75, 3.05) is 12.8 Å². The first-order chi connectivity index (χ1) is 9.83. The molecular formula is C14H22N2O4S. The van der Waals surface area contributed by atoms with Crippen molar-refractivity contribution in [2.45, 2.75) is 49.6 Å². The summed E-state index contributed by atoms with van der Waals surface area (Å²) < 4.78 is 32.9. The van der Waals surface area contributed by atoms with Gasteiger partial charge in [0.15, 0.2) is 0 Å². The van der Waals surface area contributed by atoms with Crippen molar-refractivity contribution in [3.05, 3.63) is 17.7 Å². The molecule has 0 bridgehead atoms. The van der Waals surface area contributed by atoms with Crippen LogP contribution in [0.15, 0.2) is 17.0 Å². The molecule has 0 aromatic heterocycles. The van der Waals surface area contributed by atoms with Crippen molar-refractivity contribution in [1.82, 2.24) is 4.72 Å². The van der Waals surface area contributed by atoms with E-state index in [0.717, 1.165) is 5.56 Å². The lowest BCUT2D eigenvalue weighted by Crippen LogP contribution is -2.38. The highest BCUT2D eigenvalue weighted by atomic mass is 32.2. The average Bonchev–Trinajstić information content (AvgIpc) is 2.43. The van der Waals surface area contributed by atoms with E-state index in [-0.39, 0.29) is 22.8 Å². The molecule has 7 heteroatoms. The molecule has 1 fully saturated rings. The Morgan fingerprint density at radius 3 is 2.48 bits per heavy atom. The van der Waals surface area contributed by atoms with Gasteiger partial charge in [-0.1, -0.05) is 0 Å². The minimum atomic E-state index is -3.70. The Bertz CT molecular complexity index is 608. The Morgan fingerprint density at radius 1 is 1.29 bits per heavy atom. The Kier molecular flexibility index (Phi) is 4.75. The maximum atomic E-state index is 12.5. The predicted molar refractivity (Wildman–Crippen MR) is 80.7 cm³/mol. The van der Waals surface area contributed by atoms with Gasteiger partial charge in [-0.05, 0) is 50.3 Å². The number of hydrogen-bond acceptors (Lipinski definition) is 5. The van der Waals surface area contributed by atoms with Gasteiger partial charge in [-0.25, -0.2) is 13.1 Å². The van der Waals surface area contributed by atoms with E-state index < -0.39 is 10.0 Å². The van der Waals surface area contributed by atoms with E-state index in [1.165, 1.54) is 13.2 Å². The molecule has 1 aliphatic carbocycles. The Balaban J connectivity index is 2.25. The number of nitrogens with one attached hydrogen (secondary N) is 1. The summed E-state index contributed by atoms with van der Waals surface area (Å²) >= 11 is 0. The number of methoxy groups -OCH3 is 1. The molecule has 1 aromatic carbocycles. The topological polar surface area (TPSA) is 102 Å². The van der Waals surface area contributed by atoms with Crippen LogP contribution in [0.2, 0.25) is 0 Å². The molecule has 21 heavy (non-hydrogen) atoms. The molecule has 0 spiro atoms. The summed E-state index contributed by atoms with van der Waals surface area (Å²) in [4.78, 5) is 0.0548. The number of benzene rings is 1. The highest BCUT2D eigenvalue weighted by Gasteiger charge is 2.27. The highest BCUT2D eigenvalue weighted by Crippen LogP contribution is 2.30. The van der Waals surface area contributed by atoms with Crippen LogP contribution in [0, 0.1) is 6.92 Å². The van der Waals surface area contributed by atoms with Crippen molar-refractivity contribution in [3.8, 4) is 5.75 Å². The van der Waals surface area contributed by atoms with Crippen molar-refractivity contribution < 1.29 is 18.3 Å². The van der Waals surface area contributed by atoms with Gasteiger partial charge in [-0.15, -0.1) is 0 Å². The SMILES string of the molecule is COc1cc(C)c(N)cc1S(=O)(=O)NC1CCC(O)CC1. The summed E-state index contributed by atoms with van der Waals surface area (Å²) in [7, 11) is -2.26. The zero-order valence-corrected chi connectivity index (χ0v) is 13.1. The molecule has 0 atom stereocenters. The predicted octanol–water partition coefficient (Wildman–Crippen LogP) is 1.17. The van der Waals surface area contributed by atoms with Gasteiger partial charge in [0.1, 0.15) is 10.6 Å². The van der Waals surface area contributed by atoms with E-state index in [1.54, 1.807) is 13.0 Å². The molecule has 6 nitrogen and oxygen atoms in total. The van der Waals surface area contributed by atoms with Crippen molar-refractivity contribution in [3.63, 3.8) is 0 Å². The first kappa shape index (κ1) is 16.1. The van der Waals surface area contributed by atoms with Crippen LogP contribution < -0.4 is 15.2 Å². The Morgan fingerprint density at radius 2 is 1.90 bits per heavy atom. The highest BCUT2D eigenvalue weighted by molar-refractivity contribution is 7.89. The lowest BCUT2D eigenvalue weighted by atomic mass is 9.94. The third-order valence-electron chi connectivity index (χ3n) is 3.86. The summed E-state index contributed by atoms with van der Waals surface area (Å²) in [6.07, 6.45) is 2.16. The number of nitrogen functional groups attached to an aromatic ring is 1. The van der Waals surface area contributed by atoms with Crippen LogP contribution >= 0.6 is 0 Å². The molecule has 0 radical (unpaired) electrons. The number of aryl methyl sites for hydroxylation is 1. The molecular weight excluding hydrogens is 292 g/mol. The van der Waals surface area contributed by atoms with Crippen LogP contribution in [0.25, 0.3) is 0 Å².